The van der Waals surface area contributed by atoms with Crippen molar-refractivity contribution in [3.8, 4) is 0 Å². The third-order valence-electron chi connectivity index (χ3n) is 3.77. The molecule has 0 amide bonds. The van der Waals surface area contributed by atoms with E-state index in [-0.39, 0.29) is 5.41 Å². The molecule has 1 N–H and O–H groups in total. The summed E-state index contributed by atoms with van der Waals surface area (Å²) in [7, 11) is 1.77. The fraction of sp³-hybridized carbons (Fsp3) is 1.00. The molecule has 1 rings (SSSR count). The van der Waals surface area contributed by atoms with Gasteiger partial charge >= 0.3 is 0 Å². The Labute approximate surface area is 112 Å². The van der Waals surface area contributed by atoms with Crippen LogP contribution in [0.15, 0.2) is 0 Å². The molecule has 1 saturated heterocycles. The van der Waals surface area contributed by atoms with E-state index in [4.69, 9.17) is 9.47 Å². The Kier molecular flexibility index (Phi) is 7.82. The average Bonchev–Trinajstić information content (AvgIpc) is 2.42. The lowest BCUT2D eigenvalue weighted by Gasteiger charge is -2.41. The van der Waals surface area contributed by atoms with Crippen LogP contribution < -0.4 is 5.32 Å². The van der Waals surface area contributed by atoms with Gasteiger partial charge in [0.15, 0.2) is 0 Å². The normalized spacial score (nSPS) is 24.7. The van der Waals surface area contributed by atoms with Crippen molar-refractivity contribution < 1.29 is 9.47 Å². The maximum Gasteiger partial charge on any atom is 0.0589 e. The molecule has 0 spiro atoms. The molecular weight excluding hydrogens is 228 g/mol. The lowest BCUT2D eigenvalue weighted by molar-refractivity contribution is -0.0278. The van der Waals surface area contributed by atoms with E-state index >= 15 is 0 Å². The van der Waals surface area contributed by atoms with E-state index in [2.05, 4.69) is 24.1 Å². The number of hydrogen-bond donors (Lipinski definition) is 1. The van der Waals surface area contributed by atoms with Crippen LogP contribution in [-0.4, -0.2) is 64.6 Å². The molecule has 0 saturated carbocycles. The number of hydrogen-bond acceptors (Lipinski definition) is 4. The summed E-state index contributed by atoms with van der Waals surface area (Å²) in [6.07, 6.45) is 2.46. The number of methoxy groups -OCH3 is 1. The van der Waals surface area contributed by atoms with Gasteiger partial charge in [-0.2, -0.15) is 0 Å². The lowest BCUT2D eigenvalue weighted by atomic mass is 9.81. The number of likely N-dealkylation sites (N-methyl/N-ethyl adjacent to an activating group) is 1. The zero-order valence-corrected chi connectivity index (χ0v) is 12.3. The largest absolute Gasteiger partial charge is 0.383 e. The Balaban J connectivity index is 2.52. The van der Waals surface area contributed by atoms with Crippen LogP contribution in [0.2, 0.25) is 0 Å². The fourth-order valence-electron chi connectivity index (χ4n) is 2.66. The van der Waals surface area contributed by atoms with Crippen LogP contribution >= 0.6 is 0 Å². The van der Waals surface area contributed by atoms with Crippen LogP contribution in [0.25, 0.3) is 0 Å². The van der Waals surface area contributed by atoms with E-state index in [0.717, 1.165) is 52.5 Å². The average molecular weight is 258 g/mol. The number of nitrogens with zero attached hydrogens (tertiary/aromatic N) is 1. The van der Waals surface area contributed by atoms with Crippen molar-refractivity contribution in [1.29, 1.82) is 0 Å². The Morgan fingerprint density at radius 2 is 2.22 bits per heavy atom. The zero-order valence-electron chi connectivity index (χ0n) is 12.3. The van der Waals surface area contributed by atoms with Crippen molar-refractivity contribution in [1.82, 2.24) is 10.2 Å². The molecule has 0 radical (unpaired) electrons. The second-order valence-electron chi connectivity index (χ2n) is 5.30. The van der Waals surface area contributed by atoms with Crippen molar-refractivity contribution in [2.24, 2.45) is 5.41 Å². The van der Waals surface area contributed by atoms with E-state index < -0.39 is 0 Å². The highest BCUT2D eigenvalue weighted by molar-refractivity contribution is 4.87. The highest BCUT2D eigenvalue weighted by Crippen LogP contribution is 2.29. The van der Waals surface area contributed by atoms with Crippen LogP contribution in [0.4, 0.5) is 0 Å². The first-order valence-corrected chi connectivity index (χ1v) is 7.26. The minimum Gasteiger partial charge on any atom is -0.383 e. The first kappa shape index (κ1) is 15.9. The Morgan fingerprint density at radius 1 is 1.39 bits per heavy atom. The molecule has 0 aromatic carbocycles. The third kappa shape index (κ3) is 5.22. The van der Waals surface area contributed by atoms with Crippen molar-refractivity contribution >= 4 is 0 Å². The van der Waals surface area contributed by atoms with Crippen LogP contribution in [0.5, 0.6) is 0 Å². The highest BCUT2D eigenvalue weighted by atomic mass is 16.5. The molecule has 0 aliphatic carbocycles. The standard InChI is InChI=1S/C14H30N2O2/c1-4-15-11-14(7-6-9-18-13-14)12-16(5-2)8-10-17-3/h15H,4-13H2,1-3H3. The summed E-state index contributed by atoms with van der Waals surface area (Å²) in [6.45, 7) is 12.3. The molecule has 4 nitrogen and oxygen atoms in total. The molecule has 1 aliphatic rings. The summed E-state index contributed by atoms with van der Waals surface area (Å²) >= 11 is 0. The molecule has 1 fully saturated rings. The molecule has 1 unspecified atom stereocenters. The molecule has 0 aromatic heterocycles. The monoisotopic (exact) mass is 258 g/mol. The number of ether oxygens (including phenoxy) is 2. The van der Waals surface area contributed by atoms with E-state index in [1.54, 1.807) is 7.11 Å². The third-order valence-corrected chi connectivity index (χ3v) is 3.77. The van der Waals surface area contributed by atoms with E-state index in [1.165, 1.54) is 12.8 Å². The minimum atomic E-state index is 0.290. The summed E-state index contributed by atoms with van der Waals surface area (Å²) in [5, 5.41) is 3.51. The molecule has 108 valence electrons. The molecule has 1 atom stereocenters. The minimum absolute atomic E-state index is 0.290. The molecule has 1 aliphatic heterocycles. The van der Waals surface area contributed by atoms with Gasteiger partial charge in [-0.25, -0.2) is 0 Å². The van der Waals surface area contributed by atoms with Gasteiger partial charge in [-0.3, -0.25) is 0 Å². The van der Waals surface area contributed by atoms with Crippen molar-refractivity contribution in [2.75, 3.05) is 59.7 Å². The van der Waals surface area contributed by atoms with Gasteiger partial charge in [0, 0.05) is 38.8 Å². The van der Waals surface area contributed by atoms with Gasteiger partial charge in [0.05, 0.1) is 13.2 Å². The van der Waals surface area contributed by atoms with Crippen LogP contribution in [0.3, 0.4) is 0 Å². The SMILES string of the molecule is CCNCC1(CN(CC)CCOC)CCCOC1. The summed E-state index contributed by atoms with van der Waals surface area (Å²) in [6, 6.07) is 0. The van der Waals surface area contributed by atoms with Crippen LogP contribution in [-0.2, 0) is 9.47 Å². The van der Waals surface area contributed by atoms with Crippen molar-refractivity contribution in [3.05, 3.63) is 0 Å². The summed E-state index contributed by atoms with van der Waals surface area (Å²) < 4.78 is 10.9. The first-order valence-electron chi connectivity index (χ1n) is 7.26. The summed E-state index contributed by atoms with van der Waals surface area (Å²) in [4.78, 5) is 2.48. The quantitative estimate of drug-likeness (QED) is 0.677. The van der Waals surface area contributed by atoms with Gasteiger partial charge in [0.2, 0.25) is 0 Å². The maximum absolute atomic E-state index is 5.73. The Bertz CT molecular complexity index is 206. The van der Waals surface area contributed by atoms with E-state index in [0.29, 0.717) is 0 Å². The van der Waals surface area contributed by atoms with Gasteiger partial charge in [-0.05, 0) is 25.9 Å². The van der Waals surface area contributed by atoms with Gasteiger partial charge in [0.1, 0.15) is 0 Å². The summed E-state index contributed by atoms with van der Waals surface area (Å²) in [5.41, 5.74) is 0.290. The number of rotatable bonds is 9. The van der Waals surface area contributed by atoms with Crippen LogP contribution in [0, 0.1) is 5.41 Å². The Morgan fingerprint density at radius 3 is 2.78 bits per heavy atom. The predicted molar refractivity (Wildman–Crippen MR) is 75.0 cm³/mol. The molecular formula is C14H30N2O2. The van der Waals surface area contributed by atoms with Gasteiger partial charge in [-0.1, -0.05) is 13.8 Å². The highest BCUT2D eigenvalue weighted by Gasteiger charge is 2.34. The topological polar surface area (TPSA) is 33.7 Å². The maximum atomic E-state index is 5.73. The molecule has 4 heteroatoms. The second-order valence-corrected chi connectivity index (χ2v) is 5.30. The number of nitrogens with one attached hydrogen (secondary N) is 1. The molecule has 0 aromatic rings. The Hall–Kier alpha value is -0.160. The smallest absolute Gasteiger partial charge is 0.0589 e. The van der Waals surface area contributed by atoms with E-state index in [1.807, 2.05) is 0 Å². The van der Waals surface area contributed by atoms with Gasteiger partial charge < -0.3 is 19.7 Å². The van der Waals surface area contributed by atoms with Gasteiger partial charge in [0.25, 0.3) is 0 Å². The molecule has 18 heavy (non-hydrogen) atoms. The van der Waals surface area contributed by atoms with Crippen molar-refractivity contribution in [2.45, 2.75) is 26.7 Å². The summed E-state index contributed by atoms with van der Waals surface area (Å²) in [5.74, 6) is 0. The first-order chi connectivity index (χ1) is 8.76. The molecule has 1 heterocycles. The lowest BCUT2D eigenvalue weighted by Crippen LogP contribution is -2.49. The van der Waals surface area contributed by atoms with Crippen molar-refractivity contribution in [3.63, 3.8) is 0 Å². The van der Waals surface area contributed by atoms with Crippen LogP contribution in [0.1, 0.15) is 26.7 Å². The predicted octanol–water partition coefficient (Wildman–Crippen LogP) is 1.36. The molecule has 0 bridgehead atoms. The van der Waals surface area contributed by atoms with Gasteiger partial charge in [-0.15, -0.1) is 0 Å². The zero-order chi connectivity index (χ0) is 13.3. The second kappa shape index (κ2) is 8.86. The van der Waals surface area contributed by atoms with E-state index in [9.17, 15) is 0 Å². The fourth-order valence-corrected chi connectivity index (χ4v) is 2.66.